The third-order valence-electron chi connectivity index (χ3n) is 18.2. The smallest absolute Gasteiger partial charge is 0.187 e. The molecule has 0 unspecified atom stereocenters. The maximum atomic E-state index is 11.1. The van der Waals surface area contributed by atoms with E-state index in [4.69, 9.17) is 133 Å². The van der Waals surface area contributed by atoms with Gasteiger partial charge < -0.3 is 168 Å². The van der Waals surface area contributed by atoms with E-state index in [1.165, 1.54) is 99.5 Å². The van der Waals surface area contributed by atoms with Gasteiger partial charge in [-0.1, -0.05) is 0 Å². The Labute approximate surface area is 528 Å². The van der Waals surface area contributed by atoms with Crippen molar-refractivity contribution in [3.05, 3.63) is 0 Å². The van der Waals surface area contributed by atoms with E-state index >= 15 is 0 Å². The van der Waals surface area contributed by atoms with E-state index in [1.807, 2.05) is 0 Å². The number of methoxy groups -OCH3 is 14. The molecular weight excluding hydrogens is 1230 g/mol. The Bertz CT molecular complexity index is 1690. The maximum Gasteiger partial charge on any atom is 0.187 e. The molecule has 21 rings (SSSR count). The zero-order valence-corrected chi connectivity index (χ0v) is 53.7. The minimum absolute atomic E-state index is 0.692. The molecule has 7 N–H and O–H groups in total. The summed E-state index contributed by atoms with van der Waals surface area (Å²) in [5.41, 5.74) is 0. The monoisotopic (exact) mass is 1330 g/mol. The van der Waals surface area contributed by atoms with Gasteiger partial charge in [-0.15, -0.1) is 0 Å². The van der Waals surface area contributed by atoms with Gasteiger partial charge in [-0.05, 0) is 0 Å². The fraction of sp³-hybridized carbons (Fsp3) is 1.00. The van der Waals surface area contributed by atoms with Crippen molar-refractivity contribution in [1.29, 1.82) is 0 Å². The highest BCUT2D eigenvalue weighted by molar-refractivity contribution is 5.04. The molecule has 532 valence electrons. The van der Waals surface area contributed by atoms with Crippen molar-refractivity contribution >= 4 is 0 Å². The summed E-state index contributed by atoms with van der Waals surface area (Å²) in [5, 5.41) is 77.6. The van der Waals surface area contributed by atoms with Crippen molar-refractivity contribution < 1.29 is 168 Å². The molecule has 21 saturated heterocycles. The second-order valence-corrected chi connectivity index (χ2v) is 22.6. The second kappa shape index (κ2) is 35.4. The van der Waals surface area contributed by atoms with Crippen molar-refractivity contribution in [3.8, 4) is 0 Å². The molecule has 0 aromatic rings. The van der Waals surface area contributed by atoms with Crippen LogP contribution >= 0.6 is 0 Å². The molecule has 35 heteroatoms. The van der Waals surface area contributed by atoms with E-state index in [0.29, 0.717) is 0 Å². The zero-order valence-electron chi connectivity index (χ0n) is 53.7. The predicted molar refractivity (Wildman–Crippen MR) is 295 cm³/mol. The van der Waals surface area contributed by atoms with Crippen molar-refractivity contribution in [2.24, 2.45) is 0 Å². The number of hydrogen-bond acceptors (Lipinski definition) is 35. The molecule has 21 aliphatic heterocycles. The molecule has 0 amide bonds. The summed E-state index contributed by atoms with van der Waals surface area (Å²) < 4.78 is 177. The van der Waals surface area contributed by atoms with Gasteiger partial charge in [0.1, 0.15) is 171 Å². The van der Waals surface area contributed by atoms with E-state index in [2.05, 4.69) is 0 Å². The Morgan fingerprint density at radius 2 is 0.264 bits per heavy atom. The van der Waals surface area contributed by atoms with Crippen LogP contribution in [-0.2, 0) is 133 Å². The SMILES string of the molecule is CO[C@@H]1[C@H]2O[C@H]3O[C@H](CO)[C@H](O[C@H]4O[C@H](CO)[C@H](O[C@H]5O[C@H](CO)[C@H](O[C@H]6O[C@H](CO)[C@H](O[C@H]7O[C@H](CO)[C@H](O[C@H]8O[C@H](CO)[C@H](O[C@@H](O[C@@H]2CO)[C@@H]1OC)[C@@H](OC)[C@H]8OC)[C@@H](OC)[C@H]7OC)[C@@H](OC)[C@H]6OC)[C@@H](OC)[C@H]5OC)[C@@H](OC)[C@H]4OC)[C@@H](OC)[C@H]3OC. The Morgan fingerprint density at radius 1 is 0.165 bits per heavy atom. The lowest BCUT2D eigenvalue weighted by atomic mass is 9.94. The highest BCUT2D eigenvalue weighted by Crippen LogP contribution is 2.42. The molecule has 14 bridgehead atoms. The van der Waals surface area contributed by atoms with Gasteiger partial charge in [-0.2, -0.15) is 0 Å². The van der Waals surface area contributed by atoms with Crippen LogP contribution in [0.2, 0.25) is 0 Å². The molecule has 0 aromatic carbocycles. The number of rotatable bonds is 21. The lowest BCUT2D eigenvalue weighted by Gasteiger charge is -2.52. The highest BCUT2D eigenvalue weighted by atomic mass is 16.8. The molecule has 0 radical (unpaired) electrons. The normalized spacial score (nSPS) is 48.7. The summed E-state index contributed by atoms with van der Waals surface area (Å²) in [7, 11) is 19.2. The number of hydrogen-bond donors (Lipinski definition) is 7. The van der Waals surface area contributed by atoms with Crippen LogP contribution in [0.1, 0.15) is 0 Å². The summed E-state index contributed by atoms with van der Waals surface area (Å²) in [6, 6.07) is 0. The van der Waals surface area contributed by atoms with Crippen LogP contribution in [-0.4, -0.2) is 396 Å². The van der Waals surface area contributed by atoms with E-state index in [9.17, 15) is 35.7 Å². The van der Waals surface area contributed by atoms with E-state index < -0.39 is 261 Å². The lowest BCUT2D eigenvalue weighted by molar-refractivity contribution is -0.402. The number of aliphatic hydroxyl groups is 7. The Morgan fingerprint density at radius 3 is 0.341 bits per heavy atom. The Kier molecular flexibility index (Phi) is 29.3. The van der Waals surface area contributed by atoms with E-state index in [1.54, 1.807) is 0 Å². The van der Waals surface area contributed by atoms with Crippen molar-refractivity contribution in [2.75, 3.05) is 146 Å². The predicted octanol–water partition coefficient (Wildman–Crippen LogP) is -6.07. The van der Waals surface area contributed by atoms with Crippen LogP contribution in [0.3, 0.4) is 0 Å². The van der Waals surface area contributed by atoms with Gasteiger partial charge in [0.25, 0.3) is 0 Å². The number of ether oxygens (including phenoxy) is 28. The lowest BCUT2D eigenvalue weighted by Crippen LogP contribution is -2.69. The molecule has 21 fully saturated rings. The fourth-order valence-corrected chi connectivity index (χ4v) is 13.8. The van der Waals surface area contributed by atoms with Gasteiger partial charge in [0.15, 0.2) is 44.0 Å². The van der Waals surface area contributed by atoms with Crippen LogP contribution in [0.25, 0.3) is 0 Å². The third kappa shape index (κ3) is 15.3. The second-order valence-electron chi connectivity index (χ2n) is 22.6. The molecule has 91 heavy (non-hydrogen) atoms. The largest absolute Gasteiger partial charge is 0.394 e. The maximum absolute atomic E-state index is 11.1. The van der Waals surface area contributed by atoms with Crippen molar-refractivity contribution in [3.63, 3.8) is 0 Å². The van der Waals surface area contributed by atoms with E-state index in [0.717, 1.165) is 0 Å². The van der Waals surface area contributed by atoms with Crippen LogP contribution < -0.4 is 0 Å². The molecule has 35 atom stereocenters. The molecule has 0 spiro atoms. The quantitative estimate of drug-likeness (QED) is 0.0562. The van der Waals surface area contributed by atoms with Crippen LogP contribution in [0.5, 0.6) is 0 Å². The summed E-state index contributed by atoms with van der Waals surface area (Å²) in [5.74, 6) is 0. The third-order valence-corrected chi connectivity index (χ3v) is 18.2. The topological polar surface area (TPSA) is 400 Å². The Balaban J connectivity index is 1.19. The summed E-state index contributed by atoms with van der Waals surface area (Å²) in [4.78, 5) is 0. The van der Waals surface area contributed by atoms with Crippen molar-refractivity contribution in [1.82, 2.24) is 0 Å². The van der Waals surface area contributed by atoms with Gasteiger partial charge in [0.2, 0.25) is 0 Å². The van der Waals surface area contributed by atoms with E-state index in [-0.39, 0.29) is 0 Å². The average molecular weight is 1330 g/mol. The average Bonchev–Trinajstić information content (AvgIpc) is 0.815. The van der Waals surface area contributed by atoms with Gasteiger partial charge in [-0.25, -0.2) is 0 Å². The fourth-order valence-electron chi connectivity index (χ4n) is 13.8. The molecule has 0 aromatic heterocycles. The van der Waals surface area contributed by atoms with Crippen LogP contribution in [0.4, 0.5) is 0 Å². The summed E-state index contributed by atoms with van der Waals surface area (Å²) >= 11 is 0. The first kappa shape index (κ1) is 75.4. The summed E-state index contributed by atoms with van der Waals surface area (Å²) in [6.07, 6.45) is -43.5. The number of aliphatic hydroxyl groups excluding tert-OH is 7. The van der Waals surface area contributed by atoms with Gasteiger partial charge in [0, 0.05) is 99.5 Å². The molecule has 0 aliphatic carbocycles. The van der Waals surface area contributed by atoms with Crippen LogP contribution in [0.15, 0.2) is 0 Å². The molecule has 21 heterocycles. The van der Waals surface area contributed by atoms with Crippen molar-refractivity contribution in [2.45, 2.75) is 215 Å². The standard InChI is InChI=1S/C56H98O35/c1-64-36-29-22(15-57)78-50(43(36)71-8)86-30-23(16-58)80-52(45(73-10)37(30)65-2)88-32-25(18-60)82-54(47(75-12)39(32)67-4)90-34-27(20-62)84-56(49(77-14)41(34)69-6)91-35-28(21-63)83-55(48(76-13)42(35)70-7)89-33-26(19-61)81-53(46(74-11)40(33)68-5)87-31-24(17-59)79-51(85-29)44(72-9)38(31)66-3/h22-63H,15-21H2,1-14H3/t22-,23-,24-,25-,26-,27-,28-,29+,30+,31+,32+,33+,34+,35+,36-,37-,38-,39-,40-,41-,42-,43-,44-,45-,46-,47-,48-,49-,50-,51-,52-,53-,54-,55-,56-/m1/s1. The summed E-state index contributed by atoms with van der Waals surface area (Å²) in [6.45, 7) is -4.84. The van der Waals surface area contributed by atoms with Crippen LogP contribution in [0, 0.1) is 0 Å². The highest BCUT2D eigenvalue weighted by Gasteiger charge is 2.62. The van der Waals surface area contributed by atoms with Gasteiger partial charge in [0.05, 0.1) is 46.2 Å². The zero-order chi connectivity index (χ0) is 66.0. The minimum Gasteiger partial charge on any atom is -0.394 e. The first-order valence-corrected chi connectivity index (χ1v) is 30.0. The first-order chi connectivity index (χ1) is 44.2. The first-order valence-electron chi connectivity index (χ1n) is 30.0. The molecular formula is C56H98O35. The molecule has 0 saturated carbocycles. The minimum atomic E-state index is -1.41. The van der Waals surface area contributed by atoms with Gasteiger partial charge >= 0.3 is 0 Å². The molecule has 21 aliphatic rings. The molecule has 35 nitrogen and oxygen atoms in total. The Hall–Kier alpha value is -1.40. The van der Waals surface area contributed by atoms with Gasteiger partial charge in [-0.3, -0.25) is 0 Å².